The highest BCUT2D eigenvalue weighted by Crippen LogP contribution is 2.18. The summed E-state index contributed by atoms with van der Waals surface area (Å²) in [6.45, 7) is 0. The van der Waals surface area contributed by atoms with E-state index in [2.05, 4.69) is 9.97 Å². The molecule has 0 N–H and O–H groups in total. The van der Waals surface area contributed by atoms with Crippen LogP contribution in [0.25, 0.3) is 11.1 Å². The average molecular weight is 199 g/mol. The van der Waals surface area contributed by atoms with E-state index < -0.39 is 5.95 Å². The Morgan fingerprint density at radius 3 is 2.67 bits per heavy atom. The van der Waals surface area contributed by atoms with Crippen LogP contribution in [0.4, 0.5) is 4.39 Å². The van der Waals surface area contributed by atoms with Gasteiger partial charge < -0.3 is 0 Å². The zero-order chi connectivity index (χ0) is 10.7. The second kappa shape index (κ2) is 3.84. The second-order valence-corrected chi connectivity index (χ2v) is 2.91. The summed E-state index contributed by atoms with van der Waals surface area (Å²) in [5.74, 6) is -0.520. The molecule has 4 heteroatoms. The lowest BCUT2D eigenvalue weighted by atomic mass is 10.1. The summed E-state index contributed by atoms with van der Waals surface area (Å²) in [4.78, 5) is 7.39. The minimum absolute atomic E-state index is 0.330. The van der Waals surface area contributed by atoms with Crippen molar-refractivity contribution in [1.82, 2.24) is 9.97 Å². The Kier molecular flexibility index (Phi) is 2.38. The normalized spacial score (nSPS) is 9.60. The molecular weight excluding hydrogens is 193 g/mol. The van der Waals surface area contributed by atoms with Gasteiger partial charge in [0.1, 0.15) is 11.8 Å². The van der Waals surface area contributed by atoms with Crippen LogP contribution < -0.4 is 0 Å². The van der Waals surface area contributed by atoms with Crippen molar-refractivity contribution in [2.75, 3.05) is 0 Å². The molecule has 0 atom stereocenters. The van der Waals surface area contributed by atoms with E-state index in [9.17, 15) is 4.39 Å². The fourth-order valence-electron chi connectivity index (χ4n) is 1.22. The molecule has 72 valence electrons. The summed E-state index contributed by atoms with van der Waals surface area (Å²) in [6, 6.07) is 8.21. The van der Waals surface area contributed by atoms with E-state index in [0.717, 1.165) is 11.1 Å². The Bertz CT molecular complexity index is 514. The van der Waals surface area contributed by atoms with Crippen LogP contribution >= 0.6 is 0 Å². The molecule has 0 radical (unpaired) electrons. The number of hydrogen-bond donors (Lipinski definition) is 0. The lowest BCUT2D eigenvalue weighted by Gasteiger charge is -2.00. The van der Waals surface area contributed by atoms with E-state index in [1.807, 2.05) is 6.07 Å². The molecule has 0 saturated carbocycles. The molecule has 0 aliphatic carbocycles. The quantitative estimate of drug-likeness (QED) is 0.661. The van der Waals surface area contributed by atoms with Crippen LogP contribution in [0.15, 0.2) is 36.7 Å². The van der Waals surface area contributed by atoms with Gasteiger partial charge in [0.05, 0.1) is 0 Å². The van der Waals surface area contributed by atoms with Gasteiger partial charge in [0.25, 0.3) is 0 Å². The van der Waals surface area contributed by atoms with Gasteiger partial charge in [-0.1, -0.05) is 0 Å². The SMILES string of the molecule is N#Cc1cc(-c2ccc(F)nc2)ccn1. The summed E-state index contributed by atoms with van der Waals surface area (Å²) in [6.07, 6.45) is 2.96. The molecule has 15 heavy (non-hydrogen) atoms. The van der Waals surface area contributed by atoms with E-state index in [1.165, 1.54) is 18.5 Å². The first-order valence-electron chi connectivity index (χ1n) is 4.27. The van der Waals surface area contributed by atoms with Gasteiger partial charge in [0.15, 0.2) is 0 Å². The minimum atomic E-state index is -0.520. The third-order valence-electron chi connectivity index (χ3n) is 1.94. The molecule has 0 fully saturated rings. The van der Waals surface area contributed by atoms with E-state index >= 15 is 0 Å². The molecule has 0 saturated heterocycles. The molecule has 0 bridgehead atoms. The molecule has 0 unspecified atom stereocenters. The van der Waals surface area contributed by atoms with E-state index in [-0.39, 0.29) is 0 Å². The van der Waals surface area contributed by atoms with Gasteiger partial charge in [-0.3, -0.25) is 0 Å². The van der Waals surface area contributed by atoms with Crippen molar-refractivity contribution in [3.05, 3.63) is 48.3 Å². The first kappa shape index (κ1) is 9.28. The molecular formula is C11H6FN3. The Morgan fingerprint density at radius 1 is 1.13 bits per heavy atom. The molecule has 0 spiro atoms. The van der Waals surface area contributed by atoms with Crippen molar-refractivity contribution < 1.29 is 4.39 Å². The molecule has 2 aromatic heterocycles. The van der Waals surface area contributed by atoms with Crippen LogP contribution in [-0.2, 0) is 0 Å². The minimum Gasteiger partial charge on any atom is -0.246 e. The van der Waals surface area contributed by atoms with Crippen molar-refractivity contribution in [2.45, 2.75) is 0 Å². The predicted molar refractivity (Wildman–Crippen MR) is 52.1 cm³/mol. The molecule has 0 aromatic carbocycles. The van der Waals surface area contributed by atoms with Gasteiger partial charge in [-0.15, -0.1) is 0 Å². The predicted octanol–water partition coefficient (Wildman–Crippen LogP) is 2.15. The van der Waals surface area contributed by atoms with Crippen molar-refractivity contribution in [1.29, 1.82) is 5.26 Å². The van der Waals surface area contributed by atoms with E-state index in [0.29, 0.717) is 5.69 Å². The summed E-state index contributed by atoms with van der Waals surface area (Å²) < 4.78 is 12.6. The second-order valence-electron chi connectivity index (χ2n) is 2.91. The number of rotatable bonds is 1. The smallest absolute Gasteiger partial charge is 0.212 e. The zero-order valence-electron chi connectivity index (χ0n) is 7.68. The Labute approximate surface area is 85.9 Å². The molecule has 3 nitrogen and oxygen atoms in total. The van der Waals surface area contributed by atoms with E-state index in [1.54, 1.807) is 18.2 Å². The fraction of sp³-hybridized carbons (Fsp3) is 0. The van der Waals surface area contributed by atoms with Gasteiger partial charge in [0, 0.05) is 18.0 Å². The van der Waals surface area contributed by atoms with Crippen molar-refractivity contribution in [3.8, 4) is 17.2 Å². The lowest BCUT2D eigenvalue weighted by Crippen LogP contribution is -1.86. The van der Waals surface area contributed by atoms with Gasteiger partial charge in [0.2, 0.25) is 5.95 Å². The maximum atomic E-state index is 12.6. The fourth-order valence-corrected chi connectivity index (χ4v) is 1.22. The molecule has 0 amide bonds. The Balaban J connectivity index is 2.46. The number of halogens is 1. The Morgan fingerprint density at radius 2 is 2.00 bits per heavy atom. The van der Waals surface area contributed by atoms with Gasteiger partial charge in [-0.2, -0.15) is 9.65 Å². The number of nitrogens with zero attached hydrogens (tertiary/aromatic N) is 3. The van der Waals surface area contributed by atoms with Gasteiger partial charge in [-0.05, 0) is 29.8 Å². The molecule has 0 aliphatic heterocycles. The highest BCUT2D eigenvalue weighted by molar-refractivity contribution is 5.62. The summed E-state index contributed by atoms with van der Waals surface area (Å²) >= 11 is 0. The molecule has 0 aliphatic rings. The lowest BCUT2D eigenvalue weighted by molar-refractivity contribution is 0.584. The van der Waals surface area contributed by atoms with Crippen LogP contribution in [0.2, 0.25) is 0 Å². The summed E-state index contributed by atoms with van der Waals surface area (Å²) in [5, 5.41) is 8.66. The number of pyridine rings is 2. The van der Waals surface area contributed by atoms with E-state index in [4.69, 9.17) is 5.26 Å². The maximum Gasteiger partial charge on any atom is 0.212 e. The number of nitriles is 1. The summed E-state index contributed by atoms with van der Waals surface area (Å²) in [5.41, 5.74) is 1.89. The van der Waals surface area contributed by atoms with Crippen LogP contribution in [0.5, 0.6) is 0 Å². The van der Waals surface area contributed by atoms with Crippen molar-refractivity contribution >= 4 is 0 Å². The number of hydrogen-bond acceptors (Lipinski definition) is 3. The molecule has 2 heterocycles. The molecule has 2 rings (SSSR count). The first-order chi connectivity index (χ1) is 7.29. The van der Waals surface area contributed by atoms with Crippen molar-refractivity contribution in [3.63, 3.8) is 0 Å². The monoisotopic (exact) mass is 199 g/mol. The Hall–Kier alpha value is -2.28. The third-order valence-corrected chi connectivity index (χ3v) is 1.94. The van der Waals surface area contributed by atoms with Crippen molar-refractivity contribution in [2.24, 2.45) is 0 Å². The third kappa shape index (κ3) is 1.97. The average Bonchev–Trinajstić information content (AvgIpc) is 2.30. The van der Waals surface area contributed by atoms with Crippen LogP contribution in [0, 0.1) is 17.3 Å². The standard InChI is InChI=1S/C11H6FN3/c12-11-2-1-9(7-15-11)8-3-4-14-10(5-8)6-13/h1-5,7H. The van der Waals surface area contributed by atoms with Gasteiger partial charge in [-0.25, -0.2) is 9.97 Å². The van der Waals surface area contributed by atoms with Crippen LogP contribution in [0.3, 0.4) is 0 Å². The highest BCUT2D eigenvalue weighted by Gasteiger charge is 2.00. The topological polar surface area (TPSA) is 49.6 Å². The van der Waals surface area contributed by atoms with Gasteiger partial charge >= 0.3 is 0 Å². The molecule has 2 aromatic rings. The zero-order valence-corrected chi connectivity index (χ0v) is 7.68. The highest BCUT2D eigenvalue weighted by atomic mass is 19.1. The number of aromatic nitrogens is 2. The first-order valence-corrected chi connectivity index (χ1v) is 4.27. The largest absolute Gasteiger partial charge is 0.246 e. The summed E-state index contributed by atoms with van der Waals surface area (Å²) in [7, 11) is 0. The van der Waals surface area contributed by atoms with Crippen LogP contribution in [0.1, 0.15) is 5.69 Å². The van der Waals surface area contributed by atoms with Crippen LogP contribution in [-0.4, -0.2) is 9.97 Å². The maximum absolute atomic E-state index is 12.6.